The predicted molar refractivity (Wildman–Crippen MR) is 101 cm³/mol. The van der Waals surface area contributed by atoms with Crippen LogP contribution in [0.4, 0.5) is 9.59 Å². The topological polar surface area (TPSA) is 76.7 Å². The van der Waals surface area contributed by atoms with Crippen LogP contribution in [-0.2, 0) is 16.1 Å². The van der Waals surface area contributed by atoms with Gasteiger partial charge in [-0.25, -0.2) is 9.59 Å². The van der Waals surface area contributed by atoms with E-state index < -0.39 is 17.8 Å². The van der Waals surface area contributed by atoms with Gasteiger partial charge in [-0.1, -0.05) is 46.3 Å². The lowest BCUT2D eigenvalue weighted by Crippen LogP contribution is -2.41. The SMILES string of the molecule is CC(C)(C)OC(=O)N[C@@H](CCBr)CCNC(=O)OCc1ccccc1. The van der Waals surface area contributed by atoms with Crippen LogP contribution in [0.2, 0.25) is 0 Å². The molecule has 0 aliphatic heterocycles. The molecular weight excluding hydrogens is 388 g/mol. The normalized spacial score (nSPS) is 12.2. The third kappa shape index (κ3) is 10.7. The number of halogens is 1. The van der Waals surface area contributed by atoms with E-state index in [1.807, 2.05) is 51.1 Å². The summed E-state index contributed by atoms with van der Waals surface area (Å²) in [4.78, 5) is 23.6. The number of alkyl carbamates (subject to hydrolysis) is 2. The molecule has 25 heavy (non-hydrogen) atoms. The predicted octanol–water partition coefficient (Wildman–Crippen LogP) is 3.98. The standard InChI is InChI=1S/C18H27BrN2O4/c1-18(2,3)25-17(23)21-15(9-11-19)10-12-20-16(22)24-13-14-7-5-4-6-8-14/h4-8,15H,9-13H2,1-3H3,(H,20,22)(H,21,23)/t15-/m0/s1. The molecule has 0 aromatic heterocycles. The van der Waals surface area contributed by atoms with Gasteiger partial charge in [-0.15, -0.1) is 0 Å². The first-order valence-corrected chi connectivity index (χ1v) is 9.42. The highest BCUT2D eigenvalue weighted by Crippen LogP contribution is 2.08. The molecule has 0 bridgehead atoms. The van der Waals surface area contributed by atoms with Gasteiger partial charge in [-0.3, -0.25) is 0 Å². The van der Waals surface area contributed by atoms with E-state index in [2.05, 4.69) is 26.6 Å². The zero-order valence-corrected chi connectivity index (χ0v) is 16.6. The van der Waals surface area contributed by atoms with Gasteiger partial charge in [0.15, 0.2) is 0 Å². The highest BCUT2D eigenvalue weighted by Gasteiger charge is 2.19. The molecule has 1 rings (SSSR count). The van der Waals surface area contributed by atoms with Crippen LogP contribution in [0.15, 0.2) is 30.3 Å². The molecule has 0 aliphatic carbocycles. The Hall–Kier alpha value is -1.76. The number of alkyl halides is 1. The fraction of sp³-hybridized carbons (Fsp3) is 0.556. The number of amides is 2. The van der Waals surface area contributed by atoms with Crippen LogP contribution in [0, 0.1) is 0 Å². The van der Waals surface area contributed by atoms with Crippen LogP contribution in [0.25, 0.3) is 0 Å². The van der Waals surface area contributed by atoms with Gasteiger partial charge in [0.25, 0.3) is 0 Å². The van der Waals surface area contributed by atoms with Crippen molar-refractivity contribution in [3.63, 3.8) is 0 Å². The molecule has 1 aromatic rings. The van der Waals surface area contributed by atoms with Crippen molar-refractivity contribution in [2.75, 3.05) is 11.9 Å². The van der Waals surface area contributed by atoms with E-state index in [-0.39, 0.29) is 12.6 Å². The molecule has 7 heteroatoms. The van der Waals surface area contributed by atoms with Crippen LogP contribution in [-0.4, -0.2) is 35.7 Å². The average molecular weight is 415 g/mol. The summed E-state index contributed by atoms with van der Waals surface area (Å²) in [5.41, 5.74) is 0.393. The zero-order valence-electron chi connectivity index (χ0n) is 15.0. The van der Waals surface area contributed by atoms with Gasteiger partial charge in [0, 0.05) is 17.9 Å². The van der Waals surface area contributed by atoms with Crippen molar-refractivity contribution in [1.82, 2.24) is 10.6 Å². The summed E-state index contributed by atoms with van der Waals surface area (Å²) in [5, 5.41) is 6.26. The number of hydrogen-bond donors (Lipinski definition) is 2. The highest BCUT2D eigenvalue weighted by molar-refractivity contribution is 9.09. The third-order valence-corrected chi connectivity index (χ3v) is 3.61. The van der Waals surface area contributed by atoms with Crippen molar-refractivity contribution in [3.05, 3.63) is 35.9 Å². The second kappa shape index (κ2) is 11.0. The number of benzene rings is 1. The first kappa shape index (κ1) is 21.3. The molecule has 140 valence electrons. The van der Waals surface area contributed by atoms with Crippen molar-refractivity contribution >= 4 is 28.1 Å². The number of hydrogen-bond acceptors (Lipinski definition) is 4. The van der Waals surface area contributed by atoms with E-state index in [0.29, 0.717) is 13.0 Å². The van der Waals surface area contributed by atoms with E-state index in [9.17, 15) is 9.59 Å². The van der Waals surface area contributed by atoms with E-state index in [0.717, 1.165) is 17.3 Å². The zero-order chi connectivity index (χ0) is 18.7. The van der Waals surface area contributed by atoms with Crippen LogP contribution < -0.4 is 10.6 Å². The quantitative estimate of drug-likeness (QED) is 0.630. The summed E-state index contributed by atoms with van der Waals surface area (Å²) >= 11 is 3.37. The second-order valence-corrected chi connectivity index (χ2v) is 7.39. The molecule has 0 unspecified atom stereocenters. The van der Waals surface area contributed by atoms with Crippen molar-refractivity contribution in [3.8, 4) is 0 Å². The molecule has 0 aliphatic rings. The monoisotopic (exact) mass is 414 g/mol. The number of ether oxygens (including phenoxy) is 2. The largest absolute Gasteiger partial charge is 0.445 e. The Labute approximate surface area is 157 Å². The van der Waals surface area contributed by atoms with Crippen molar-refractivity contribution in [2.45, 2.75) is 51.9 Å². The summed E-state index contributed by atoms with van der Waals surface area (Å²) in [6, 6.07) is 9.39. The second-order valence-electron chi connectivity index (χ2n) is 6.60. The molecule has 2 N–H and O–H groups in total. The Bertz CT molecular complexity index is 532. The van der Waals surface area contributed by atoms with Gasteiger partial charge in [0.05, 0.1) is 0 Å². The van der Waals surface area contributed by atoms with Gasteiger partial charge in [-0.05, 0) is 39.2 Å². The first-order valence-electron chi connectivity index (χ1n) is 8.30. The lowest BCUT2D eigenvalue weighted by atomic mass is 10.1. The molecule has 0 spiro atoms. The number of carbonyl (C=O) groups excluding carboxylic acids is 2. The van der Waals surface area contributed by atoms with Gasteiger partial charge in [0.2, 0.25) is 0 Å². The fourth-order valence-corrected chi connectivity index (χ4v) is 2.57. The summed E-state index contributed by atoms with van der Waals surface area (Å²) in [6.07, 6.45) is 0.398. The van der Waals surface area contributed by atoms with Crippen molar-refractivity contribution in [1.29, 1.82) is 0 Å². The van der Waals surface area contributed by atoms with E-state index in [1.165, 1.54) is 0 Å². The van der Waals surface area contributed by atoms with Gasteiger partial charge in [0.1, 0.15) is 12.2 Å². The molecule has 2 amide bonds. The first-order chi connectivity index (χ1) is 11.8. The van der Waals surface area contributed by atoms with E-state index >= 15 is 0 Å². The maximum atomic E-state index is 11.8. The van der Waals surface area contributed by atoms with Crippen molar-refractivity contribution < 1.29 is 19.1 Å². The summed E-state index contributed by atoms with van der Waals surface area (Å²) in [6.45, 7) is 6.08. The molecule has 0 heterocycles. The van der Waals surface area contributed by atoms with E-state index in [1.54, 1.807) is 0 Å². The van der Waals surface area contributed by atoms with Crippen LogP contribution in [0.1, 0.15) is 39.2 Å². The minimum atomic E-state index is -0.539. The minimum Gasteiger partial charge on any atom is -0.445 e. The smallest absolute Gasteiger partial charge is 0.407 e. The van der Waals surface area contributed by atoms with Crippen LogP contribution in [0.5, 0.6) is 0 Å². The Kier molecular flexibility index (Phi) is 9.34. The molecule has 0 saturated heterocycles. The summed E-state index contributed by atoms with van der Waals surface area (Å²) in [5.74, 6) is 0. The fourth-order valence-electron chi connectivity index (χ4n) is 2.02. The Morgan fingerprint density at radius 3 is 2.40 bits per heavy atom. The Morgan fingerprint density at radius 1 is 1.12 bits per heavy atom. The van der Waals surface area contributed by atoms with Crippen molar-refractivity contribution in [2.24, 2.45) is 0 Å². The maximum Gasteiger partial charge on any atom is 0.407 e. The molecule has 1 atom stereocenters. The minimum absolute atomic E-state index is 0.0938. The lowest BCUT2D eigenvalue weighted by Gasteiger charge is -2.23. The maximum absolute atomic E-state index is 11.8. The number of carbonyl (C=O) groups is 2. The van der Waals surface area contributed by atoms with Gasteiger partial charge in [-0.2, -0.15) is 0 Å². The lowest BCUT2D eigenvalue weighted by molar-refractivity contribution is 0.0501. The van der Waals surface area contributed by atoms with Crippen LogP contribution in [0.3, 0.4) is 0 Å². The Morgan fingerprint density at radius 2 is 1.80 bits per heavy atom. The average Bonchev–Trinajstić information content (AvgIpc) is 2.52. The number of nitrogens with one attached hydrogen (secondary N) is 2. The third-order valence-electron chi connectivity index (χ3n) is 3.15. The molecular formula is C18H27BrN2O4. The molecule has 1 aromatic carbocycles. The molecule has 0 fully saturated rings. The summed E-state index contributed by atoms with van der Waals surface area (Å²) in [7, 11) is 0. The molecule has 0 radical (unpaired) electrons. The van der Waals surface area contributed by atoms with Crippen LogP contribution >= 0.6 is 15.9 Å². The summed E-state index contributed by atoms with van der Waals surface area (Å²) < 4.78 is 10.4. The Balaban J connectivity index is 2.29. The number of rotatable bonds is 8. The molecule has 6 nitrogen and oxygen atoms in total. The molecule has 0 saturated carbocycles. The van der Waals surface area contributed by atoms with Gasteiger partial charge >= 0.3 is 12.2 Å². The highest BCUT2D eigenvalue weighted by atomic mass is 79.9. The van der Waals surface area contributed by atoms with E-state index in [4.69, 9.17) is 9.47 Å². The van der Waals surface area contributed by atoms with Gasteiger partial charge < -0.3 is 20.1 Å².